The molecule has 2 heterocycles. The van der Waals surface area contributed by atoms with Crippen LogP contribution >= 0.6 is 0 Å². The average Bonchev–Trinajstić information content (AvgIpc) is 2.87. The molecule has 1 aliphatic heterocycles. The van der Waals surface area contributed by atoms with Crippen LogP contribution in [-0.2, 0) is 17.8 Å². The minimum atomic E-state index is -0.112. The Balaban J connectivity index is 2.17. The van der Waals surface area contributed by atoms with Gasteiger partial charge in [0.25, 0.3) is 0 Å². The molecule has 5 nitrogen and oxygen atoms in total. The molecule has 0 unspecified atom stereocenters. The van der Waals surface area contributed by atoms with E-state index in [9.17, 15) is 4.79 Å². The first-order valence-electron chi connectivity index (χ1n) is 6.04. The number of hydrogen-bond acceptors (Lipinski definition) is 3. The van der Waals surface area contributed by atoms with Gasteiger partial charge in [0, 0.05) is 26.0 Å². The maximum Gasteiger partial charge on any atom is 0.221 e. The zero-order chi connectivity index (χ0) is 12.7. The summed E-state index contributed by atoms with van der Waals surface area (Å²) in [5.74, 6) is 1.68. The highest BCUT2D eigenvalue weighted by Gasteiger charge is 2.18. The molecule has 0 saturated carbocycles. The minimum absolute atomic E-state index is 0.112. The van der Waals surface area contributed by atoms with Crippen molar-refractivity contribution in [2.75, 3.05) is 12.4 Å². The van der Waals surface area contributed by atoms with Gasteiger partial charge in [0.05, 0.1) is 23.8 Å². The Morgan fingerprint density at radius 2 is 2.33 bits per heavy atom. The first-order valence-corrected chi connectivity index (χ1v) is 6.04. The average molecular weight is 245 g/mol. The van der Waals surface area contributed by atoms with E-state index in [2.05, 4.69) is 14.9 Å². The largest absolute Gasteiger partial charge is 0.494 e. The molecule has 1 amide bonds. The van der Waals surface area contributed by atoms with Crippen molar-refractivity contribution in [1.82, 2.24) is 9.55 Å². The van der Waals surface area contributed by atoms with Crippen molar-refractivity contribution in [3.63, 3.8) is 0 Å². The fourth-order valence-electron chi connectivity index (χ4n) is 2.49. The van der Waals surface area contributed by atoms with Crippen LogP contribution in [0.4, 0.5) is 5.69 Å². The van der Waals surface area contributed by atoms with Crippen LogP contribution < -0.4 is 10.1 Å². The number of amides is 1. The number of imidazole rings is 1. The van der Waals surface area contributed by atoms with Crippen molar-refractivity contribution in [3.05, 3.63) is 18.0 Å². The predicted molar refractivity (Wildman–Crippen MR) is 68.9 cm³/mol. The smallest absolute Gasteiger partial charge is 0.221 e. The van der Waals surface area contributed by atoms with E-state index in [1.807, 2.05) is 12.1 Å². The Labute approximate surface area is 105 Å². The van der Waals surface area contributed by atoms with Crippen LogP contribution in [0.1, 0.15) is 19.2 Å². The van der Waals surface area contributed by atoms with Gasteiger partial charge in [-0.1, -0.05) is 0 Å². The third kappa shape index (κ3) is 1.63. The highest BCUT2D eigenvalue weighted by molar-refractivity contribution is 5.94. The molecule has 1 aromatic carbocycles. The molecule has 0 spiro atoms. The van der Waals surface area contributed by atoms with Gasteiger partial charge in [-0.25, -0.2) is 4.98 Å². The van der Waals surface area contributed by atoms with Crippen molar-refractivity contribution in [2.45, 2.75) is 26.3 Å². The number of anilines is 1. The molecular formula is C13H15N3O2. The summed E-state index contributed by atoms with van der Waals surface area (Å²) >= 11 is 0. The number of nitrogens with zero attached hydrogens (tertiary/aromatic N) is 2. The molecule has 1 aliphatic rings. The summed E-state index contributed by atoms with van der Waals surface area (Å²) in [7, 11) is 1.60. The van der Waals surface area contributed by atoms with E-state index >= 15 is 0 Å². The fourth-order valence-corrected chi connectivity index (χ4v) is 2.49. The number of benzene rings is 1. The lowest BCUT2D eigenvalue weighted by molar-refractivity contribution is -0.114. The van der Waals surface area contributed by atoms with Crippen LogP contribution in [0.5, 0.6) is 5.75 Å². The summed E-state index contributed by atoms with van der Waals surface area (Å²) < 4.78 is 7.55. The summed E-state index contributed by atoms with van der Waals surface area (Å²) in [5.41, 5.74) is 2.66. The molecule has 5 heteroatoms. The van der Waals surface area contributed by atoms with Gasteiger partial charge in [0.2, 0.25) is 5.91 Å². The topological polar surface area (TPSA) is 56.1 Å². The molecule has 94 valence electrons. The first-order chi connectivity index (χ1) is 8.69. The van der Waals surface area contributed by atoms with Crippen LogP contribution in [0.25, 0.3) is 11.0 Å². The molecule has 2 aromatic rings. The quantitative estimate of drug-likeness (QED) is 0.879. The zero-order valence-corrected chi connectivity index (χ0v) is 10.5. The van der Waals surface area contributed by atoms with E-state index in [0.717, 1.165) is 36.2 Å². The second kappa shape index (κ2) is 4.01. The van der Waals surface area contributed by atoms with E-state index < -0.39 is 0 Å². The fraction of sp³-hybridized carbons (Fsp3) is 0.385. The summed E-state index contributed by atoms with van der Waals surface area (Å²) in [5, 5.41) is 2.77. The molecule has 1 N–H and O–H groups in total. The standard InChI is InChI=1S/C13H15N3O2/c1-8(17)14-10-6-9-11(7-12(10)18-2)16-5-3-4-13(16)15-9/h6-7H,3-5H2,1-2H3,(H,14,17). The molecule has 0 fully saturated rings. The minimum Gasteiger partial charge on any atom is -0.494 e. The van der Waals surface area contributed by atoms with Crippen molar-refractivity contribution in [2.24, 2.45) is 0 Å². The van der Waals surface area contributed by atoms with E-state index in [4.69, 9.17) is 4.74 Å². The number of ether oxygens (including phenoxy) is 1. The highest BCUT2D eigenvalue weighted by atomic mass is 16.5. The van der Waals surface area contributed by atoms with Crippen molar-refractivity contribution >= 4 is 22.6 Å². The molecular weight excluding hydrogens is 230 g/mol. The molecule has 0 radical (unpaired) electrons. The highest BCUT2D eigenvalue weighted by Crippen LogP contribution is 2.32. The second-order valence-corrected chi connectivity index (χ2v) is 4.51. The van der Waals surface area contributed by atoms with Crippen LogP contribution in [0, 0.1) is 0 Å². The molecule has 0 atom stereocenters. The first kappa shape index (κ1) is 11.1. The van der Waals surface area contributed by atoms with Gasteiger partial charge in [-0.3, -0.25) is 4.79 Å². The van der Waals surface area contributed by atoms with Crippen LogP contribution in [0.2, 0.25) is 0 Å². The van der Waals surface area contributed by atoms with Gasteiger partial charge in [-0.2, -0.15) is 0 Å². The maximum atomic E-state index is 11.2. The number of carbonyl (C=O) groups excluding carboxylic acids is 1. The van der Waals surface area contributed by atoms with E-state index in [0.29, 0.717) is 11.4 Å². The molecule has 0 bridgehead atoms. The zero-order valence-electron chi connectivity index (χ0n) is 10.5. The van der Waals surface area contributed by atoms with E-state index in [1.54, 1.807) is 7.11 Å². The number of rotatable bonds is 2. The maximum absolute atomic E-state index is 11.2. The Hall–Kier alpha value is -2.04. The van der Waals surface area contributed by atoms with E-state index in [-0.39, 0.29) is 5.91 Å². The number of methoxy groups -OCH3 is 1. The van der Waals surface area contributed by atoms with Gasteiger partial charge >= 0.3 is 0 Å². The summed E-state index contributed by atoms with van der Waals surface area (Å²) in [6.07, 6.45) is 2.17. The predicted octanol–water partition coefficient (Wildman–Crippen LogP) is 1.95. The van der Waals surface area contributed by atoms with Gasteiger partial charge in [-0.05, 0) is 12.5 Å². The number of aromatic nitrogens is 2. The molecule has 1 aromatic heterocycles. The SMILES string of the molecule is COc1cc2c(cc1NC(C)=O)nc1n2CCC1. The Morgan fingerprint density at radius 1 is 1.50 bits per heavy atom. The second-order valence-electron chi connectivity index (χ2n) is 4.51. The summed E-state index contributed by atoms with van der Waals surface area (Å²) in [6, 6.07) is 3.82. The molecule has 0 aliphatic carbocycles. The van der Waals surface area contributed by atoms with Crippen LogP contribution in [-0.4, -0.2) is 22.6 Å². The van der Waals surface area contributed by atoms with Gasteiger partial charge in [0.1, 0.15) is 11.6 Å². The number of aryl methyl sites for hydroxylation is 2. The van der Waals surface area contributed by atoms with Crippen molar-refractivity contribution < 1.29 is 9.53 Å². The number of fused-ring (bicyclic) bond motifs is 3. The van der Waals surface area contributed by atoms with E-state index in [1.165, 1.54) is 6.92 Å². The lowest BCUT2D eigenvalue weighted by Gasteiger charge is -2.09. The van der Waals surface area contributed by atoms with Crippen LogP contribution in [0.3, 0.4) is 0 Å². The monoisotopic (exact) mass is 245 g/mol. The van der Waals surface area contributed by atoms with Gasteiger partial charge in [0.15, 0.2) is 0 Å². The van der Waals surface area contributed by atoms with Gasteiger partial charge < -0.3 is 14.6 Å². The molecule has 3 rings (SSSR count). The van der Waals surface area contributed by atoms with Crippen molar-refractivity contribution in [3.8, 4) is 5.75 Å². The Bertz CT molecular complexity index is 631. The third-order valence-corrected chi connectivity index (χ3v) is 3.24. The lowest BCUT2D eigenvalue weighted by Crippen LogP contribution is -2.07. The number of carbonyl (C=O) groups is 1. The molecule has 18 heavy (non-hydrogen) atoms. The Kier molecular flexibility index (Phi) is 2.47. The summed E-state index contributed by atoms with van der Waals surface area (Å²) in [6.45, 7) is 2.49. The number of nitrogens with one attached hydrogen (secondary N) is 1. The van der Waals surface area contributed by atoms with Crippen molar-refractivity contribution in [1.29, 1.82) is 0 Å². The summed E-state index contributed by atoms with van der Waals surface area (Å²) in [4.78, 5) is 15.8. The Morgan fingerprint density at radius 3 is 3.06 bits per heavy atom. The molecule has 0 saturated heterocycles. The van der Waals surface area contributed by atoms with Gasteiger partial charge in [-0.15, -0.1) is 0 Å². The normalized spacial score (nSPS) is 13.7. The lowest BCUT2D eigenvalue weighted by atomic mass is 10.2. The van der Waals surface area contributed by atoms with Crippen LogP contribution in [0.15, 0.2) is 12.1 Å². The third-order valence-electron chi connectivity index (χ3n) is 3.24. The number of hydrogen-bond donors (Lipinski definition) is 1.